The van der Waals surface area contributed by atoms with Crippen LogP contribution in [0.4, 0.5) is 4.39 Å². The number of rotatable bonds is 3. The average Bonchev–Trinajstić information content (AvgIpc) is 2.94. The van der Waals surface area contributed by atoms with Gasteiger partial charge in [-0.2, -0.15) is 11.3 Å². The summed E-state index contributed by atoms with van der Waals surface area (Å²) in [6.07, 6.45) is 0. The second-order valence-corrected chi connectivity index (χ2v) is 5.63. The number of halogens is 1. The molecule has 0 saturated carbocycles. The zero-order chi connectivity index (χ0) is 13.9. The fourth-order valence-corrected chi connectivity index (χ4v) is 3.17. The Balaban J connectivity index is 1.86. The SMILES string of the molecule is O=C1NCCN(Cc2ccsc2)[C@@H]1c1ccc(F)cc1. The average molecular weight is 290 g/mol. The lowest BCUT2D eigenvalue weighted by Gasteiger charge is -2.35. The summed E-state index contributed by atoms with van der Waals surface area (Å²) < 4.78 is 13.0. The molecule has 1 atom stereocenters. The minimum atomic E-state index is -0.343. The van der Waals surface area contributed by atoms with Crippen molar-refractivity contribution >= 4 is 17.2 Å². The number of carbonyl (C=O) groups excluding carboxylic acids is 1. The number of nitrogens with one attached hydrogen (secondary N) is 1. The molecule has 5 heteroatoms. The fourth-order valence-electron chi connectivity index (χ4n) is 2.51. The van der Waals surface area contributed by atoms with Gasteiger partial charge in [0.05, 0.1) is 0 Å². The van der Waals surface area contributed by atoms with Crippen LogP contribution in [0.15, 0.2) is 41.1 Å². The Kier molecular flexibility index (Phi) is 3.80. The summed E-state index contributed by atoms with van der Waals surface area (Å²) in [6, 6.07) is 7.90. The highest BCUT2D eigenvalue weighted by Gasteiger charge is 2.30. The van der Waals surface area contributed by atoms with Gasteiger partial charge in [0.2, 0.25) is 5.91 Å². The van der Waals surface area contributed by atoms with Gasteiger partial charge >= 0.3 is 0 Å². The summed E-state index contributed by atoms with van der Waals surface area (Å²) in [4.78, 5) is 14.3. The van der Waals surface area contributed by atoms with Crippen molar-refractivity contribution < 1.29 is 9.18 Å². The van der Waals surface area contributed by atoms with Crippen molar-refractivity contribution in [3.05, 3.63) is 58.0 Å². The highest BCUT2D eigenvalue weighted by Crippen LogP contribution is 2.25. The van der Waals surface area contributed by atoms with Gasteiger partial charge in [0, 0.05) is 19.6 Å². The molecule has 0 radical (unpaired) electrons. The summed E-state index contributed by atoms with van der Waals surface area (Å²) in [5, 5.41) is 7.01. The minimum absolute atomic E-state index is 0.0157. The third-order valence-corrected chi connectivity index (χ3v) is 4.20. The molecule has 20 heavy (non-hydrogen) atoms. The molecule has 104 valence electrons. The molecular weight excluding hydrogens is 275 g/mol. The van der Waals surface area contributed by atoms with Crippen molar-refractivity contribution in [3.63, 3.8) is 0 Å². The maximum atomic E-state index is 13.0. The number of hydrogen-bond donors (Lipinski definition) is 1. The van der Waals surface area contributed by atoms with E-state index >= 15 is 0 Å². The topological polar surface area (TPSA) is 32.3 Å². The van der Waals surface area contributed by atoms with Crippen molar-refractivity contribution in [2.24, 2.45) is 0 Å². The van der Waals surface area contributed by atoms with E-state index in [4.69, 9.17) is 0 Å². The summed E-state index contributed by atoms with van der Waals surface area (Å²) >= 11 is 1.65. The number of piperazine rings is 1. The van der Waals surface area contributed by atoms with E-state index in [1.165, 1.54) is 17.7 Å². The van der Waals surface area contributed by atoms with Crippen molar-refractivity contribution in [1.82, 2.24) is 10.2 Å². The first kappa shape index (κ1) is 13.3. The zero-order valence-electron chi connectivity index (χ0n) is 10.9. The monoisotopic (exact) mass is 290 g/mol. The predicted octanol–water partition coefficient (Wildman–Crippen LogP) is 2.56. The van der Waals surface area contributed by atoms with E-state index in [1.54, 1.807) is 23.5 Å². The van der Waals surface area contributed by atoms with E-state index in [9.17, 15) is 9.18 Å². The van der Waals surface area contributed by atoms with Crippen LogP contribution in [0, 0.1) is 5.82 Å². The number of amides is 1. The molecule has 2 heterocycles. The first-order valence-corrected chi connectivity index (χ1v) is 7.46. The van der Waals surface area contributed by atoms with E-state index in [2.05, 4.69) is 21.7 Å². The Morgan fingerprint density at radius 1 is 1.30 bits per heavy atom. The quantitative estimate of drug-likeness (QED) is 0.942. The van der Waals surface area contributed by atoms with Crippen LogP contribution in [0.2, 0.25) is 0 Å². The molecule has 1 aliphatic rings. The summed E-state index contributed by atoms with van der Waals surface area (Å²) in [5.74, 6) is -0.299. The number of hydrogen-bond acceptors (Lipinski definition) is 3. The molecule has 0 aliphatic carbocycles. The van der Waals surface area contributed by atoms with E-state index in [-0.39, 0.29) is 17.8 Å². The van der Waals surface area contributed by atoms with Crippen LogP contribution in [0.3, 0.4) is 0 Å². The van der Waals surface area contributed by atoms with Crippen LogP contribution in [-0.4, -0.2) is 23.9 Å². The van der Waals surface area contributed by atoms with E-state index in [0.717, 1.165) is 18.7 Å². The highest BCUT2D eigenvalue weighted by molar-refractivity contribution is 7.07. The Morgan fingerprint density at radius 2 is 2.10 bits per heavy atom. The Morgan fingerprint density at radius 3 is 2.80 bits per heavy atom. The molecule has 1 N–H and O–H groups in total. The van der Waals surface area contributed by atoms with Gasteiger partial charge in [0.1, 0.15) is 11.9 Å². The second kappa shape index (κ2) is 5.73. The molecular formula is C15H15FN2OS. The smallest absolute Gasteiger partial charge is 0.242 e. The number of thiophene rings is 1. The first-order valence-electron chi connectivity index (χ1n) is 6.52. The van der Waals surface area contributed by atoms with Crippen LogP contribution in [0.25, 0.3) is 0 Å². The lowest BCUT2D eigenvalue weighted by molar-refractivity contribution is -0.129. The molecule has 0 bridgehead atoms. The first-order chi connectivity index (χ1) is 9.74. The zero-order valence-corrected chi connectivity index (χ0v) is 11.7. The number of nitrogens with zero attached hydrogens (tertiary/aromatic N) is 1. The minimum Gasteiger partial charge on any atom is -0.353 e. The van der Waals surface area contributed by atoms with Gasteiger partial charge in [-0.3, -0.25) is 9.69 Å². The standard InChI is InChI=1S/C15H15FN2OS/c16-13-3-1-12(2-4-13)14-15(19)17-6-7-18(14)9-11-5-8-20-10-11/h1-5,8,10,14H,6-7,9H2,(H,17,19)/t14-/m1/s1. The van der Waals surface area contributed by atoms with Crippen LogP contribution in [0.1, 0.15) is 17.2 Å². The fraction of sp³-hybridized carbons (Fsp3) is 0.267. The molecule has 0 unspecified atom stereocenters. The van der Waals surface area contributed by atoms with Crippen LogP contribution >= 0.6 is 11.3 Å². The van der Waals surface area contributed by atoms with Gasteiger partial charge < -0.3 is 5.32 Å². The lowest BCUT2D eigenvalue weighted by Crippen LogP contribution is -2.49. The van der Waals surface area contributed by atoms with Crippen molar-refractivity contribution in [2.45, 2.75) is 12.6 Å². The van der Waals surface area contributed by atoms with Gasteiger partial charge in [-0.15, -0.1) is 0 Å². The second-order valence-electron chi connectivity index (χ2n) is 4.85. The van der Waals surface area contributed by atoms with Gasteiger partial charge in [-0.1, -0.05) is 12.1 Å². The van der Waals surface area contributed by atoms with E-state index < -0.39 is 0 Å². The molecule has 2 aromatic rings. The maximum absolute atomic E-state index is 13.0. The summed E-state index contributed by atoms with van der Waals surface area (Å²) in [6.45, 7) is 2.18. The Labute approximate surface area is 121 Å². The molecule has 1 amide bonds. The predicted molar refractivity (Wildman–Crippen MR) is 76.9 cm³/mol. The summed E-state index contributed by atoms with van der Waals surface area (Å²) in [5.41, 5.74) is 2.04. The van der Waals surface area contributed by atoms with Crippen molar-refractivity contribution in [1.29, 1.82) is 0 Å². The maximum Gasteiger partial charge on any atom is 0.242 e. The van der Waals surface area contributed by atoms with Crippen LogP contribution < -0.4 is 5.32 Å². The van der Waals surface area contributed by atoms with Gasteiger partial charge in [-0.25, -0.2) is 4.39 Å². The Bertz CT molecular complexity index is 582. The molecule has 0 spiro atoms. The third kappa shape index (κ3) is 2.73. The van der Waals surface area contributed by atoms with E-state index in [1.807, 2.05) is 5.38 Å². The highest BCUT2D eigenvalue weighted by atomic mass is 32.1. The normalized spacial score (nSPS) is 19.9. The molecule has 1 aromatic heterocycles. The van der Waals surface area contributed by atoms with Crippen molar-refractivity contribution in [2.75, 3.05) is 13.1 Å². The van der Waals surface area contributed by atoms with Gasteiger partial charge in [0.15, 0.2) is 0 Å². The van der Waals surface area contributed by atoms with E-state index in [0.29, 0.717) is 6.54 Å². The molecule has 1 saturated heterocycles. The Hall–Kier alpha value is -1.72. The largest absolute Gasteiger partial charge is 0.353 e. The van der Waals surface area contributed by atoms with Crippen LogP contribution in [0.5, 0.6) is 0 Å². The number of benzene rings is 1. The molecule has 1 aliphatic heterocycles. The number of carbonyl (C=O) groups is 1. The van der Waals surface area contributed by atoms with Gasteiger partial charge in [-0.05, 0) is 40.1 Å². The van der Waals surface area contributed by atoms with Crippen molar-refractivity contribution in [3.8, 4) is 0 Å². The summed E-state index contributed by atoms with van der Waals surface area (Å²) in [7, 11) is 0. The molecule has 3 rings (SSSR count). The molecule has 3 nitrogen and oxygen atoms in total. The molecule has 1 fully saturated rings. The lowest BCUT2D eigenvalue weighted by atomic mass is 10.0. The third-order valence-electron chi connectivity index (χ3n) is 3.46. The van der Waals surface area contributed by atoms with Gasteiger partial charge in [0.25, 0.3) is 0 Å². The molecule has 1 aromatic carbocycles. The van der Waals surface area contributed by atoms with Crippen LogP contribution in [-0.2, 0) is 11.3 Å².